The molecular formula is C12H15NO3. The summed E-state index contributed by atoms with van der Waals surface area (Å²) in [7, 11) is 1.34. The van der Waals surface area contributed by atoms with Crippen molar-refractivity contribution in [3.05, 3.63) is 28.8 Å². The third-order valence-corrected chi connectivity index (χ3v) is 3.00. The zero-order valence-corrected chi connectivity index (χ0v) is 9.19. The van der Waals surface area contributed by atoms with Crippen LogP contribution in [0.25, 0.3) is 0 Å². The van der Waals surface area contributed by atoms with E-state index in [0.717, 1.165) is 24.0 Å². The molecule has 1 atom stereocenters. The highest BCUT2D eigenvalue weighted by Crippen LogP contribution is 2.31. The number of carbonyl (C=O) groups excluding carboxylic acids is 1. The van der Waals surface area contributed by atoms with E-state index in [1.807, 2.05) is 6.07 Å². The quantitative estimate of drug-likeness (QED) is 0.715. The van der Waals surface area contributed by atoms with Crippen LogP contribution in [0.5, 0.6) is 5.75 Å². The smallest absolute Gasteiger partial charge is 0.310 e. The maximum atomic E-state index is 11.3. The van der Waals surface area contributed by atoms with Crippen LogP contribution in [0.3, 0.4) is 0 Å². The monoisotopic (exact) mass is 221 g/mol. The van der Waals surface area contributed by atoms with Crippen LogP contribution in [-0.2, 0) is 28.8 Å². The van der Waals surface area contributed by atoms with Crippen LogP contribution in [0.15, 0.2) is 12.1 Å². The first-order chi connectivity index (χ1) is 7.61. The molecule has 0 radical (unpaired) electrons. The zero-order valence-electron chi connectivity index (χ0n) is 9.19. The van der Waals surface area contributed by atoms with Gasteiger partial charge in [-0.15, -0.1) is 0 Å². The summed E-state index contributed by atoms with van der Waals surface area (Å²) in [5.74, 6) is -0.192. The standard InChI is InChI=1S/C12H15NO3/c1-16-12(15)6-10-9-5-8(13)4-7(9)2-3-11(10)14/h2-3,8,14H,4-6,13H2,1H3. The Balaban J connectivity index is 2.37. The van der Waals surface area contributed by atoms with Crippen LogP contribution in [-0.4, -0.2) is 24.2 Å². The highest BCUT2D eigenvalue weighted by molar-refractivity contribution is 5.74. The summed E-state index contributed by atoms with van der Waals surface area (Å²) >= 11 is 0. The minimum atomic E-state index is -0.343. The van der Waals surface area contributed by atoms with Gasteiger partial charge in [0.2, 0.25) is 0 Å². The molecule has 3 N–H and O–H groups in total. The number of esters is 1. The Bertz CT molecular complexity index is 429. The third kappa shape index (κ3) is 1.88. The second kappa shape index (κ2) is 4.14. The summed E-state index contributed by atoms with van der Waals surface area (Å²) in [4.78, 5) is 11.3. The number of carbonyl (C=O) groups is 1. The van der Waals surface area contributed by atoms with E-state index in [-0.39, 0.29) is 24.2 Å². The first kappa shape index (κ1) is 11.0. The summed E-state index contributed by atoms with van der Waals surface area (Å²) in [5.41, 5.74) is 8.67. The van der Waals surface area contributed by atoms with Gasteiger partial charge in [0.05, 0.1) is 13.5 Å². The normalized spacial score (nSPS) is 18.2. The predicted octanol–water partition coefficient (Wildman–Crippen LogP) is 0.534. The van der Waals surface area contributed by atoms with Crippen molar-refractivity contribution in [1.29, 1.82) is 0 Å². The number of hydrogen-bond acceptors (Lipinski definition) is 4. The van der Waals surface area contributed by atoms with Gasteiger partial charge in [0.25, 0.3) is 0 Å². The molecule has 2 rings (SSSR count). The Labute approximate surface area is 94.0 Å². The first-order valence-electron chi connectivity index (χ1n) is 5.26. The van der Waals surface area contributed by atoms with Gasteiger partial charge in [-0.05, 0) is 30.0 Å². The minimum Gasteiger partial charge on any atom is -0.508 e. The third-order valence-electron chi connectivity index (χ3n) is 3.00. The topological polar surface area (TPSA) is 72.5 Å². The van der Waals surface area contributed by atoms with E-state index in [4.69, 9.17) is 5.73 Å². The van der Waals surface area contributed by atoms with Gasteiger partial charge < -0.3 is 15.6 Å². The average molecular weight is 221 g/mol. The number of hydrogen-bond donors (Lipinski definition) is 2. The molecule has 1 aliphatic rings. The summed E-state index contributed by atoms with van der Waals surface area (Å²) < 4.78 is 4.61. The van der Waals surface area contributed by atoms with E-state index in [9.17, 15) is 9.90 Å². The van der Waals surface area contributed by atoms with Crippen molar-refractivity contribution in [2.24, 2.45) is 5.73 Å². The molecule has 1 aromatic carbocycles. The number of phenolic OH excluding ortho intramolecular Hbond substituents is 1. The fraction of sp³-hybridized carbons (Fsp3) is 0.417. The van der Waals surface area contributed by atoms with Crippen molar-refractivity contribution in [1.82, 2.24) is 0 Å². The number of nitrogens with two attached hydrogens (primary N) is 1. The van der Waals surface area contributed by atoms with Crippen LogP contribution < -0.4 is 5.73 Å². The number of fused-ring (bicyclic) bond motifs is 1. The molecule has 0 saturated heterocycles. The Morgan fingerprint density at radius 1 is 1.56 bits per heavy atom. The number of ether oxygens (including phenoxy) is 1. The van der Waals surface area contributed by atoms with E-state index in [1.165, 1.54) is 7.11 Å². The van der Waals surface area contributed by atoms with Crippen LogP contribution in [0.1, 0.15) is 16.7 Å². The molecule has 1 aliphatic carbocycles. The lowest BCUT2D eigenvalue weighted by molar-refractivity contribution is -0.139. The van der Waals surface area contributed by atoms with Gasteiger partial charge in [-0.2, -0.15) is 0 Å². The van der Waals surface area contributed by atoms with Crippen molar-refractivity contribution in [2.75, 3.05) is 7.11 Å². The van der Waals surface area contributed by atoms with Gasteiger partial charge in [0.15, 0.2) is 0 Å². The van der Waals surface area contributed by atoms with E-state index in [2.05, 4.69) is 4.74 Å². The van der Waals surface area contributed by atoms with E-state index < -0.39 is 0 Å². The average Bonchev–Trinajstić information content (AvgIpc) is 2.63. The number of rotatable bonds is 2. The highest BCUT2D eigenvalue weighted by Gasteiger charge is 2.24. The molecule has 0 aromatic heterocycles. The van der Waals surface area contributed by atoms with Crippen molar-refractivity contribution < 1.29 is 14.6 Å². The van der Waals surface area contributed by atoms with E-state index in [1.54, 1.807) is 6.07 Å². The number of phenols is 1. The summed E-state index contributed by atoms with van der Waals surface area (Å²) in [6.45, 7) is 0. The summed E-state index contributed by atoms with van der Waals surface area (Å²) in [6, 6.07) is 3.58. The molecule has 0 spiro atoms. The maximum Gasteiger partial charge on any atom is 0.310 e. The van der Waals surface area contributed by atoms with Gasteiger partial charge in [-0.1, -0.05) is 6.07 Å². The molecule has 0 bridgehead atoms. The van der Waals surface area contributed by atoms with E-state index in [0.29, 0.717) is 5.56 Å². The molecule has 4 nitrogen and oxygen atoms in total. The minimum absolute atomic E-state index is 0.0909. The molecule has 0 fully saturated rings. The van der Waals surface area contributed by atoms with Gasteiger partial charge >= 0.3 is 5.97 Å². The second-order valence-electron chi connectivity index (χ2n) is 4.12. The Hall–Kier alpha value is -1.55. The fourth-order valence-corrected chi connectivity index (χ4v) is 2.21. The Kier molecular flexibility index (Phi) is 2.83. The van der Waals surface area contributed by atoms with Crippen LogP contribution in [0, 0.1) is 0 Å². The lowest BCUT2D eigenvalue weighted by atomic mass is 10.00. The molecule has 16 heavy (non-hydrogen) atoms. The lowest BCUT2D eigenvalue weighted by Gasteiger charge is -2.09. The molecule has 1 unspecified atom stereocenters. The number of benzene rings is 1. The van der Waals surface area contributed by atoms with Gasteiger partial charge in [-0.3, -0.25) is 4.79 Å². The Morgan fingerprint density at radius 3 is 3.00 bits per heavy atom. The summed E-state index contributed by atoms with van der Waals surface area (Å²) in [5, 5.41) is 9.76. The molecule has 0 heterocycles. The molecule has 0 saturated carbocycles. The maximum absolute atomic E-state index is 11.3. The predicted molar refractivity (Wildman–Crippen MR) is 59.2 cm³/mol. The fourth-order valence-electron chi connectivity index (χ4n) is 2.21. The van der Waals surface area contributed by atoms with E-state index >= 15 is 0 Å². The SMILES string of the molecule is COC(=O)Cc1c(O)ccc2c1CC(N)C2. The van der Waals surface area contributed by atoms with Crippen molar-refractivity contribution in [3.8, 4) is 5.75 Å². The first-order valence-corrected chi connectivity index (χ1v) is 5.26. The molecule has 4 heteroatoms. The molecule has 86 valence electrons. The van der Waals surface area contributed by atoms with Crippen molar-refractivity contribution in [2.45, 2.75) is 25.3 Å². The molecule has 0 amide bonds. The summed E-state index contributed by atoms with van der Waals surface area (Å²) in [6.07, 6.45) is 1.64. The van der Waals surface area contributed by atoms with Crippen LogP contribution in [0.2, 0.25) is 0 Å². The highest BCUT2D eigenvalue weighted by atomic mass is 16.5. The van der Waals surface area contributed by atoms with Crippen LogP contribution in [0.4, 0.5) is 0 Å². The van der Waals surface area contributed by atoms with Crippen LogP contribution >= 0.6 is 0 Å². The molecular weight excluding hydrogens is 206 g/mol. The second-order valence-corrected chi connectivity index (χ2v) is 4.12. The Morgan fingerprint density at radius 2 is 2.31 bits per heavy atom. The molecule has 1 aromatic rings. The number of aromatic hydroxyl groups is 1. The van der Waals surface area contributed by atoms with Gasteiger partial charge in [0, 0.05) is 11.6 Å². The lowest BCUT2D eigenvalue weighted by Crippen LogP contribution is -2.19. The largest absolute Gasteiger partial charge is 0.508 e. The van der Waals surface area contributed by atoms with Gasteiger partial charge in [0.1, 0.15) is 5.75 Å². The van der Waals surface area contributed by atoms with Crippen molar-refractivity contribution in [3.63, 3.8) is 0 Å². The zero-order chi connectivity index (χ0) is 11.7. The number of methoxy groups -OCH3 is 1. The molecule has 0 aliphatic heterocycles. The van der Waals surface area contributed by atoms with Crippen molar-refractivity contribution >= 4 is 5.97 Å². The van der Waals surface area contributed by atoms with Gasteiger partial charge in [-0.25, -0.2) is 0 Å².